The molecule has 1 atom stereocenters. The van der Waals surface area contributed by atoms with Crippen LogP contribution in [0, 0.1) is 5.92 Å². The molecule has 1 heterocycles. The minimum atomic E-state index is -0.428. The Kier molecular flexibility index (Phi) is 7.59. The van der Waals surface area contributed by atoms with Gasteiger partial charge in [0.05, 0.1) is 6.10 Å². The Labute approximate surface area is 121 Å². The summed E-state index contributed by atoms with van der Waals surface area (Å²) in [6.07, 6.45) is 4.60. The predicted octanol–water partition coefficient (Wildman–Crippen LogP) is 1.30. The van der Waals surface area contributed by atoms with Gasteiger partial charge in [0, 0.05) is 33.0 Å². The monoisotopic (exact) mass is 284 g/mol. The lowest BCUT2D eigenvalue weighted by Gasteiger charge is -2.31. The number of amides is 2. The van der Waals surface area contributed by atoms with Gasteiger partial charge in [-0.05, 0) is 31.6 Å². The SMILES string of the molecule is CCCC(O)CNC(=O)CCC1CCN(C(C)=O)CC1. The van der Waals surface area contributed by atoms with Crippen LogP contribution in [0.15, 0.2) is 0 Å². The Hall–Kier alpha value is -1.10. The lowest BCUT2D eigenvalue weighted by Crippen LogP contribution is -2.37. The molecule has 1 aliphatic heterocycles. The third kappa shape index (κ3) is 6.37. The zero-order chi connectivity index (χ0) is 15.0. The van der Waals surface area contributed by atoms with Crippen molar-refractivity contribution in [1.82, 2.24) is 10.2 Å². The number of hydrogen-bond donors (Lipinski definition) is 2. The molecule has 0 aromatic rings. The molecule has 1 unspecified atom stereocenters. The molecule has 0 aliphatic carbocycles. The number of carbonyl (C=O) groups excluding carboxylic acids is 2. The van der Waals surface area contributed by atoms with E-state index in [1.54, 1.807) is 6.92 Å². The van der Waals surface area contributed by atoms with Crippen LogP contribution in [-0.4, -0.2) is 47.6 Å². The Balaban J connectivity index is 2.11. The third-order valence-corrected chi connectivity index (χ3v) is 4.00. The van der Waals surface area contributed by atoms with Crippen LogP contribution in [0.25, 0.3) is 0 Å². The molecule has 5 nitrogen and oxygen atoms in total. The van der Waals surface area contributed by atoms with Crippen LogP contribution in [0.5, 0.6) is 0 Å². The van der Waals surface area contributed by atoms with E-state index in [0.717, 1.165) is 45.2 Å². The molecule has 1 rings (SSSR count). The molecular formula is C15H28N2O3. The molecule has 5 heteroatoms. The van der Waals surface area contributed by atoms with Gasteiger partial charge in [0.2, 0.25) is 11.8 Å². The van der Waals surface area contributed by atoms with Gasteiger partial charge in [-0.1, -0.05) is 13.3 Å². The summed E-state index contributed by atoms with van der Waals surface area (Å²) in [6.45, 7) is 5.61. The largest absolute Gasteiger partial charge is 0.391 e. The average Bonchev–Trinajstić information content (AvgIpc) is 2.43. The number of piperidine rings is 1. The summed E-state index contributed by atoms with van der Waals surface area (Å²) >= 11 is 0. The minimum Gasteiger partial charge on any atom is -0.391 e. The van der Waals surface area contributed by atoms with Gasteiger partial charge in [-0.2, -0.15) is 0 Å². The number of likely N-dealkylation sites (tertiary alicyclic amines) is 1. The molecule has 20 heavy (non-hydrogen) atoms. The zero-order valence-corrected chi connectivity index (χ0v) is 12.7. The molecule has 1 fully saturated rings. The molecule has 0 aromatic carbocycles. The highest BCUT2D eigenvalue weighted by atomic mass is 16.3. The summed E-state index contributed by atoms with van der Waals surface area (Å²) in [6, 6.07) is 0. The number of aliphatic hydroxyl groups excluding tert-OH is 1. The standard InChI is InChI=1S/C15H28N2O3/c1-3-4-14(19)11-16-15(20)6-5-13-7-9-17(10-8-13)12(2)18/h13-14,19H,3-11H2,1-2H3,(H,16,20). The maximum absolute atomic E-state index is 11.7. The van der Waals surface area contributed by atoms with Crippen molar-refractivity contribution >= 4 is 11.8 Å². The zero-order valence-electron chi connectivity index (χ0n) is 12.7. The number of rotatable bonds is 7. The van der Waals surface area contributed by atoms with Crippen molar-refractivity contribution in [2.75, 3.05) is 19.6 Å². The first-order chi connectivity index (χ1) is 9.52. The molecule has 116 valence electrons. The summed E-state index contributed by atoms with van der Waals surface area (Å²) in [5.41, 5.74) is 0. The molecule has 0 saturated carbocycles. The fourth-order valence-electron chi connectivity index (χ4n) is 2.63. The van der Waals surface area contributed by atoms with Crippen LogP contribution in [0.4, 0.5) is 0 Å². The van der Waals surface area contributed by atoms with Crippen molar-refractivity contribution in [3.8, 4) is 0 Å². The molecule has 0 radical (unpaired) electrons. The first-order valence-electron chi connectivity index (χ1n) is 7.73. The van der Waals surface area contributed by atoms with Crippen molar-refractivity contribution in [1.29, 1.82) is 0 Å². The molecule has 1 saturated heterocycles. The van der Waals surface area contributed by atoms with E-state index in [1.165, 1.54) is 0 Å². The molecule has 0 spiro atoms. The molecular weight excluding hydrogens is 256 g/mol. The fourth-order valence-corrected chi connectivity index (χ4v) is 2.63. The maximum atomic E-state index is 11.7. The van der Waals surface area contributed by atoms with Crippen LogP contribution < -0.4 is 5.32 Å². The quantitative estimate of drug-likeness (QED) is 0.740. The van der Waals surface area contributed by atoms with E-state index in [0.29, 0.717) is 18.9 Å². The summed E-state index contributed by atoms with van der Waals surface area (Å²) in [4.78, 5) is 24.8. The van der Waals surface area contributed by atoms with Crippen LogP contribution in [0.1, 0.15) is 52.4 Å². The summed E-state index contributed by atoms with van der Waals surface area (Å²) in [5.74, 6) is 0.706. The van der Waals surface area contributed by atoms with E-state index in [2.05, 4.69) is 5.32 Å². The van der Waals surface area contributed by atoms with Crippen molar-refractivity contribution in [2.45, 2.75) is 58.5 Å². The first kappa shape index (κ1) is 17.0. The number of aliphatic hydroxyl groups is 1. The van der Waals surface area contributed by atoms with Gasteiger partial charge in [-0.15, -0.1) is 0 Å². The minimum absolute atomic E-state index is 0.0224. The first-order valence-corrected chi connectivity index (χ1v) is 7.73. The average molecular weight is 284 g/mol. The number of nitrogens with zero attached hydrogens (tertiary/aromatic N) is 1. The maximum Gasteiger partial charge on any atom is 0.220 e. The van der Waals surface area contributed by atoms with Crippen molar-refractivity contribution in [3.05, 3.63) is 0 Å². The van der Waals surface area contributed by atoms with Crippen LogP contribution in [0.3, 0.4) is 0 Å². The highest BCUT2D eigenvalue weighted by molar-refractivity contribution is 5.75. The lowest BCUT2D eigenvalue weighted by molar-refractivity contribution is -0.130. The van der Waals surface area contributed by atoms with Crippen LogP contribution >= 0.6 is 0 Å². The van der Waals surface area contributed by atoms with Crippen LogP contribution in [0.2, 0.25) is 0 Å². The van der Waals surface area contributed by atoms with Gasteiger partial charge < -0.3 is 15.3 Å². The summed E-state index contributed by atoms with van der Waals surface area (Å²) in [5, 5.41) is 12.3. The Morgan fingerprint density at radius 3 is 2.55 bits per heavy atom. The van der Waals surface area contributed by atoms with Gasteiger partial charge in [0.25, 0.3) is 0 Å². The topological polar surface area (TPSA) is 69.6 Å². The second-order valence-electron chi connectivity index (χ2n) is 5.73. The van der Waals surface area contributed by atoms with E-state index >= 15 is 0 Å². The Morgan fingerprint density at radius 1 is 1.35 bits per heavy atom. The summed E-state index contributed by atoms with van der Waals surface area (Å²) < 4.78 is 0. The van der Waals surface area contributed by atoms with Crippen molar-refractivity contribution < 1.29 is 14.7 Å². The highest BCUT2D eigenvalue weighted by Gasteiger charge is 2.21. The predicted molar refractivity (Wildman–Crippen MR) is 78.1 cm³/mol. The Bertz CT molecular complexity index is 312. The van der Waals surface area contributed by atoms with Crippen molar-refractivity contribution in [2.24, 2.45) is 5.92 Å². The molecule has 0 aromatic heterocycles. The molecule has 0 bridgehead atoms. The van der Waals surface area contributed by atoms with E-state index < -0.39 is 6.10 Å². The second kappa shape index (κ2) is 8.95. The Morgan fingerprint density at radius 2 is 2.00 bits per heavy atom. The molecule has 1 aliphatic rings. The van der Waals surface area contributed by atoms with Gasteiger partial charge in [-0.25, -0.2) is 0 Å². The van der Waals surface area contributed by atoms with Gasteiger partial charge in [0.1, 0.15) is 0 Å². The van der Waals surface area contributed by atoms with E-state index in [9.17, 15) is 14.7 Å². The van der Waals surface area contributed by atoms with E-state index in [4.69, 9.17) is 0 Å². The third-order valence-electron chi connectivity index (χ3n) is 4.00. The second-order valence-corrected chi connectivity index (χ2v) is 5.73. The lowest BCUT2D eigenvalue weighted by atomic mass is 9.92. The molecule has 2 amide bonds. The van der Waals surface area contributed by atoms with Gasteiger partial charge in [0.15, 0.2) is 0 Å². The van der Waals surface area contributed by atoms with E-state index in [1.807, 2.05) is 11.8 Å². The number of nitrogens with one attached hydrogen (secondary N) is 1. The van der Waals surface area contributed by atoms with Crippen molar-refractivity contribution in [3.63, 3.8) is 0 Å². The fraction of sp³-hybridized carbons (Fsp3) is 0.867. The van der Waals surface area contributed by atoms with Crippen LogP contribution in [-0.2, 0) is 9.59 Å². The molecule has 2 N–H and O–H groups in total. The van der Waals surface area contributed by atoms with Gasteiger partial charge in [-0.3, -0.25) is 9.59 Å². The van der Waals surface area contributed by atoms with Gasteiger partial charge >= 0.3 is 0 Å². The smallest absolute Gasteiger partial charge is 0.220 e. The number of carbonyl (C=O) groups is 2. The summed E-state index contributed by atoms with van der Waals surface area (Å²) in [7, 11) is 0. The van der Waals surface area contributed by atoms with E-state index in [-0.39, 0.29) is 11.8 Å². The number of hydrogen-bond acceptors (Lipinski definition) is 3. The normalized spacial score (nSPS) is 17.9. The highest BCUT2D eigenvalue weighted by Crippen LogP contribution is 2.21.